The van der Waals surface area contributed by atoms with E-state index in [0.29, 0.717) is 11.3 Å². The molecule has 2 unspecified atom stereocenters. The predicted molar refractivity (Wildman–Crippen MR) is 147 cm³/mol. The number of benzene rings is 1. The van der Waals surface area contributed by atoms with Crippen LogP contribution in [0.15, 0.2) is 48.1 Å². The zero-order valence-electron chi connectivity index (χ0n) is 20.5. The third kappa shape index (κ3) is 4.48. The maximum absolute atomic E-state index is 6.29. The van der Waals surface area contributed by atoms with E-state index in [-0.39, 0.29) is 0 Å². The summed E-state index contributed by atoms with van der Waals surface area (Å²) in [6, 6.07) is 11.9. The first-order valence-corrected chi connectivity index (χ1v) is 14.7. The number of hydrogen-bond acceptors (Lipinski definition) is 5. The van der Waals surface area contributed by atoms with E-state index in [1.807, 2.05) is 6.20 Å². The van der Waals surface area contributed by atoms with Gasteiger partial charge in [0, 0.05) is 47.2 Å². The molecule has 3 fully saturated rings. The molecule has 3 aromatic heterocycles. The van der Waals surface area contributed by atoms with Crippen molar-refractivity contribution in [3.8, 4) is 10.6 Å². The molecular weight excluding hydrogens is 486 g/mol. The zero-order valence-corrected chi connectivity index (χ0v) is 22.1. The number of nitrogens with zero attached hydrogens (tertiary/aromatic N) is 5. The van der Waals surface area contributed by atoms with E-state index in [0.717, 1.165) is 51.6 Å². The number of thiazole rings is 1. The highest BCUT2D eigenvalue weighted by molar-refractivity contribution is 7.13. The number of rotatable bonds is 6. The van der Waals surface area contributed by atoms with E-state index in [1.54, 1.807) is 11.3 Å². The van der Waals surface area contributed by atoms with Gasteiger partial charge in [0.25, 0.3) is 0 Å². The summed E-state index contributed by atoms with van der Waals surface area (Å²) in [5, 5.41) is 4.60. The summed E-state index contributed by atoms with van der Waals surface area (Å²) in [6.07, 6.45) is 14.4. The molecule has 1 aromatic carbocycles. The minimum Gasteiger partial charge on any atom is -0.329 e. The number of hydrogen-bond donors (Lipinski definition) is 0. The second kappa shape index (κ2) is 9.55. The van der Waals surface area contributed by atoms with Crippen molar-refractivity contribution in [2.75, 3.05) is 13.1 Å². The average molecular weight is 518 g/mol. The standard InChI is InChI=1S/C29H32ClN5S/c30-29-31-16-25-26(28-32-22(18-36-28)14-19-4-2-1-3-5-19)17-35(27(25)33-29)24-7-6-21(15-24)20-10-12-34(13-11-20)23-8-9-23/h1-5,16-18,20-21,23-24H,6-15H2. The molecule has 7 heteroatoms. The first kappa shape index (κ1) is 22.9. The van der Waals surface area contributed by atoms with Crippen molar-refractivity contribution in [1.29, 1.82) is 0 Å². The van der Waals surface area contributed by atoms with Gasteiger partial charge in [-0.1, -0.05) is 30.3 Å². The smallest absolute Gasteiger partial charge is 0.224 e. The van der Waals surface area contributed by atoms with Gasteiger partial charge < -0.3 is 9.47 Å². The molecular formula is C29H32ClN5S. The highest BCUT2D eigenvalue weighted by atomic mass is 35.5. The van der Waals surface area contributed by atoms with E-state index in [1.165, 1.54) is 63.6 Å². The number of halogens is 1. The summed E-state index contributed by atoms with van der Waals surface area (Å²) < 4.78 is 2.40. The van der Waals surface area contributed by atoms with E-state index in [9.17, 15) is 0 Å². The van der Waals surface area contributed by atoms with Gasteiger partial charge in [-0.15, -0.1) is 11.3 Å². The number of piperidine rings is 1. The Hall–Kier alpha value is -2.28. The molecule has 36 heavy (non-hydrogen) atoms. The van der Waals surface area contributed by atoms with Gasteiger partial charge in [-0.2, -0.15) is 4.98 Å². The van der Waals surface area contributed by atoms with E-state index < -0.39 is 0 Å². The van der Waals surface area contributed by atoms with Crippen molar-refractivity contribution < 1.29 is 0 Å². The third-order valence-electron chi connectivity index (χ3n) is 8.70. The largest absolute Gasteiger partial charge is 0.329 e. The first-order valence-electron chi connectivity index (χ1n) is 13.5. The van der Waals surface area contributed by atoms with Gasteiger partial charge in [0.15, 0.2) is 0 Å². The van der Waals surface area contributed by atoms with Gasteiger partial charge in [-0.05, 0) is 87.0 Å². The molecule has 2 saturated carbocycles. The number of aromatic nitrogens is 4. The summed E-state index contributed by atoms with van der Waals surface area (Å²) in [6.45, 7) is 2.62. The van der Waals surface area contributed by atoms with Crippen LogP contribution < -0.4 is 0 Å². The average Bonchev–Trinajstić information content (AvgIpc) is 3.29. The molecule has 186 valence electrons. The Kier molecular flexibility index (Phi) is 6.07. The maximum atomic E-state index is 6.29. The fourth-order valence-electron chi connectivity index (χ4n) is 6.64. The molecule has 4 heterocycles. The van der Waals surface area contributed by atoms with E-state index >= 15 is 0 Å². The van der Waals surface area contributed by atoms with Gasteiger partial charge >= 0.3 is 0 Å². The molecule has 1 aliphatic heterocycles. The Balaban J connectivity index is 1.13. The van der Waals surface area contributed by atoms with Gasteiger partial charge in [0.1, 0.15) is 10.7 Å². The van der Waals surface area contributed by atoms with Crippen LogP contribution in [-0.2, 0) is 6.42 Å². The van der Waals surface area contributed by atoms with Crippen molar-refractivity contribution in [1.82, 2.24) is 24.4 Å². The van der Waals surface area contributed by atoms with Crippen molar-refractivity contribution in [3.05, 3.63) is 64.6 Å². The summed E-state index contributed by atoms with van der Waals surface area (Å²) in [7, 11) is 0. The summed E-state index contributed by atoms with van der Waals surface area (Å²) in [5.41, 5.74) is 4.48. The molecule has 4 aromatic rings. The van der Waals surface area contributed by atoms with Crippen LogP contribution >= 0.6 is 22.9 Å². The highest BCUT2D eigenvalue weighted by Crippen LogP contribution is 2.45. The Morgan fingerprint density at radius 3 is 2.53 bits per heavy atom. The second-order valence-electron chi connectivity index (χ2n) is 11.0. The minimum atomic E-state index is 0.319. The fraction of sp³-hybridized carbons (Fsp3) is 0.483. The van der Waals surface area contributed by atoms with Crippen LogP contribution in [0.5, 0.6) is 0 Å². The Bertz CT molecular complexity index is 1350. The molecule has 1 saturated heterocycles. The molecule has 2 atom stereocenters. The zero-order chi connectivity index (χ0) is 24.1. The van der Waals surface area contributed by atoms with Crippen molar-refractivity contribution in [3.63, 3.8) is 0 Å². The van der Waals surface area contributed by atoms with Gasteiger partial charge in [0.05, 0.1) is 5.69 Å². The van der Waals surface area contributed by atoms with Crippen LogP contribution in [0.1, 0.15) is 62.2 Å². The lowest BCUT2D eigenvalue weighted by Gasteiger charge is -2.35. The second-order valence-corrected chi connectivity index (χ2v) is 12.2. The lowest BCUT2D eigenvalue weighted by atomic mass is 9.83. The third-order valence-corrected chi connectivity index (χ3v) is 9.80. The predicted octanol–water partition coefficient (Wildman–Crippen LogP) is 7.01. The summed E-state index contributed by atoms with van der Waals surface area (Å²) in [5.74, 6) is 1.70. The Labute approximate surface area is 221 Å². The fourth-order valence-corrected chi connectivity index (χ4v) is 7.61. The van der Waals surface area contributed by atoms with Crippen LogP contribution in [0, 0.1) is 11.8 Å². The minimum absolute atomic E-state index is 0.319. The van der Waals surface area contributed by atoms with Gasteiger partial charge in [0.2, 0.25) is 5.28 Å². The van der Waals surface area contributed by atoms with Crippen molar-refractivity contribution in [2.24, 2.45) is 11.8 Å². The van der Waals surface area contributed by atoms with E-state index in [4.69, 9.17) is 21.6 Å². The molecule has 0 radical (unpaired) electrons. The molecule has 0 N–H and O–H groups in total. The molecule has 0 amide bonds. The normalized spacial score (nSPS) is 23.6. The molecule has 5 nitrogen and oxygen atoms in total. The lowest BCUT2D eigenvalue weighted by Crippen LogP contribution is -2.37. The monoisotopic (exact) mass is 517 g/mol. The van der Waals surface area contributed by atoms with Crippen LogP contribution in [0.3, 0.4) is 0 Å². The molecule has 7 rings (SSSR count). The van der Waals surface area contributed by atoms with E-state index in [2.05, 4.69) is 56.4 Å². The molecule has 0 spiro atoms. The summed E-state index contributed by atoms with van der Waals surface area (Å²) >= 11 is 8.00. The van der Waals surface area contributed by atoms with Gasteiger partial charge in [-0.25, -0.2) is 9.97 Å². The van der Waals surface area contributed by atoms with Crippen LogP contribution in [0.4, 0.5) is 0 Å². The SMILES string of the molecule is Clc1ncc2c(-c3nc(Cc4ccccc4)cs3)cn(C3CCC(C4CCN(C5CC5)CC4)C3)c2n1. The molecule has 0 bridgehead atoms. The highest BCUT2D eigenvalue weighted by Gasteiger charge is 2.37. The topological polar surface area (TPSA) is 46.8 Å². The lowest BCUT2D eigenvalue weighted by molar-refractivity contribution is 0.140. The van der Waals surface area contributed by atoms with Crippen LogP contribution in [0.25, 0.3) is 21.6 Å². The van der Waals surface area contributed by atoms with Crippen molar-refractivity contribution >= 4 is 34.0 Å². The Morgan fingerprint density at radius 1 is 0.917 bits per heavy atom. The number of fused-ring (bicyclic) bond motifs is 1. The molecule has 3 aliphatic rings. The van der Waals surface area contributed by atoms with Crippen molar-refractivity contribution in [2.45, 2.75) is 63.5 Å². The first-order chi connectivity index (χ1) is 17.7. The summed E-state index contributed by atoms with van der Waals surface area (Å²) in [4.78, 5) is 16.8. The quantitative estimate of drug-likeness (QED) is 0.258. The molecule has 2 aliphatic carbocycles. The Morgan fingerprint density at radius 2 is 1.72 bits per heavy atom. The van der Waals surface area contributed by atoms with Crippen LogP contribution in [-0.4, -0.2) is 43.6 Å². The maximum Gasteiger partial charge on any atom is 0.224 e. The number of likely N-dealkylation sites (tertiary alicyclic amines) is 1. The van der Waals surface area contributed by atoms with Crippen LogP contribution in [0.2, 0.25) is 5.28 Å². The van der Waals surface area contributed by atoms with Gasteiger partial charge in [-0.3, -0.25) is 0 Å².